The molecule has 320 valence electrons. The standard InChI is InChI=1S/C45H68O12/c1-11-25(4)39-28(7)17-18-44(57-39)22-33-20-32(56-44)16-15-27(6)38(54-36-21-35(50-10)40(30(9)52-36)55-42(47)24(2)3)26(5)13-12-14-31-23-51-41-37(46)29(8)19-34(43(48)53-33)45(31,41)49/h12-15,19,24-26,28,30,32-41,46,49H,11,16-18,20-23H2,1-10H3/b13-12+,27-15+,31-14+/t25?,26-,28-,30-,32+,33-,34?,35-,36?,37+,38-,39+,40-,41+,44?,45+/m0/s1. The maximum absolute atomic E-state index is 14.3. The van der Waals surface area contributed by atoms with Crippen molar-refractivity contribution in [2.45, 2.75) is 180 Å². The summed E-state index contributed by atoms with van der Waals surface area (Å²) in [6.45, 7) is 18.0. The third-order valence-corrected chi connectivity index (χ3v) is 13.4. The molecule has 4 fully saturated rings. The monoisotopic (exact) mass is 800 g/mol. The first-order valence-corrected chi connectivity index (χ1v) is 21.3. The van der Waals surface area contributed by atoms with Crippen LogP contribution in [-0.4, -0.2) is 108 Å². The Kier molecular flexibility index (Phi) is 14.0. The topological polar surface area (TPSA) is 148 Å². The van der Waals surface area contributed by atoms with E-state index < -0.39 is 72.3 Å². The third-order valence-electron chi connectivity index (χ3n) is 13.4. The molecule has 6 rings (SSSR count). The molecule has 12 nitrogen and oxygen atoms in total. The van der Waals surface area contributed by atoms with Gasteiger partial charge in [0.05, 0.1) is 36.9 Å². The van der Waals surface area contributed by atoms with Gasteiger partial charge in [-0.2, -0.15) is 0 Å². The van der Waals surface area contributed by atoms with E-state index in [1.165, 1.54) is 0 Å². The highest BCUT2D eigenvalue weighted by atomic mass is 16.7. The molecule has 0 saturated carbocycles. The normalized spacial score (nSPS) is 45.8. The number of aliphatic hydroxyl groups excluding tert-OH is 1. The molecule has 0 amide bonds. The lowest BCUT2D eigenvalue weighted by atomic mass is 9.71. The van der Waals surface area contributed by atoms with Crippen molar-refractivity contribution in [3.8, 4) is 0 Å². The van der Waals surface area contributed by atoms with E-state index >= 15 is 0 Å². The Balaban J connectivity index is 1.35. The minimum Gasteiger partial charge on any atom is -0.462 e. The number of allylic oxidation sites excluding steroid dienone is 2. The van der Waals surface area contributed by atoms with Crippen molar-refractivity contribution < 1.29 is 57.7 Å². The maximum Gasteiger partial charge on any atom is 0.316 e. The summed E-state index contributed by atoms with van der Waals surface area (Å²) in [6.07, 6.45) is 8.13. The predicted octanol–water partition coefficient (Wildman–Crippen LogP) is 6.27. The summed E-state index contributed by atoms with van der Waals surface area (Å²) in [4.78, 5) is 26.8. The molecule has 4 saturated heterocycles. The van der Waals surface area contributed by atoms with Crippen molar-refractivity contribution in [1.29, 1.82) is 0 Å². The minimum absolute atomic E-state index is 0.00285. The average molecular weight is 801 g/mol. The van der Waals surface area contributed by atoms with E-state index in [0.29, 0.717) is 55.1 Å². The molecule has 2 bridgehead atoms. The van der Waals surface area contributed by atoms with E-state index in [2.05, 4.69) is 33.8 Å². The van der Waals surface area contributed by atoms with Gasteiger partial charge in [0.25, 0.3) is 0 Å². The molecular formula is C45H68O12. The second-order valence-corrected chi connectivity index (χ2v) is 18.0. The molecule has 0 radical (unpaired) electrons. The van der Waals surface area contributed by atoms with Crippen molar-refractivity contribution >= 4 is 11.9 Å². The molecule has 5 heterocycles. The Bertz CT molecular complexity index is 1560. The van der Waals surface area contributed by atoms with Gasteiger partial charge in [0, 0.05) is 38.7 Å². The molecule has 16 atom stereocenters. The number of esters is 2. The first-order valence-electron chi connectivity index (χ1n) is 21.3. The van der Waals surface area contributed by atoms with Crippen LogP contribution >= 0.6 is 0 Å². The van der Waals surface area contributed by atoms with Crippen LogP contribution in [0.5, 0.6) is 0 Å². The molecule has 0 aromatic rings. The Morgan fingerprint density at radius 3 is 2.53 bits per heavy atom. The molecule has 1 spiro atoms. The van der Waals surface area contributed by atoms with E-state index in [-0.39, 0.29) is 36.6 Å². The number of carbonyl (C=O) groups is 2. The van der Waals surface area contributed by atoms with Gasteiger partial charge in [0.1, 0.15) is 35.9 Å². The maximum atomic E-state index is 14.3. The van der Waals surface area contributed by atoms with E-state index in [0.717, 1.165) is 18.4 Å². The molecule has 57 heavy (non-hydrogen) atoms. The van der Waals surface area contributed by atoms with Gasteiger partial charge in [0.15, 0.2) is 18.2 Å². The minimum atomic E-state index is -1.82. The zero-order chi connectivity index (χ0) is 41.4. The third kappa shape index (κ3) is 9.18. The van der Waals surface area contributed by atoms with Crippen LogP contribution in [0.1, 0.15) is 107 Å². The largest absolute Gasteiger partial charge is 0.462 e. The van der Waals surface area contributed by atoms with Gasteiger partial charge >= 0.3 is 11.9 Å². The molecule has 2 N–H and O–H groups in total. The summed E-state index contributed by atoms with van der Waals surface area (Å²) in [5.41, 5.74) is 0.184. The Hall–Kier alpha value is -2.42. The van der Waals surface area contributed by atoms with Crippen LogP contribution in [0.3, 0.4) is 0 Å². The summed E-state index contributed by atoms with van der Waals surface area (Å²) in [6, 6.07) is 0. The zero-order valence-electron chi connectivity index (χ0n) is 35.7. The molecule has 4 unspecified atom stereocenters. The number of ether oxygens (including phenoxy) is 8. The highest BCUT2D eigenvalue weighted by Gasteiger charge is 2.60. The lowest BCUT2D eigenvalue weighted by Gasteiger charge is -2.51. The number of hydrogen-bond acceptors (Lipinski definition) is 12. The SMILES string of the molecule is CCC(C)[C@H]1OC2(CC[C@@H]1C)C[C@@H]1C[C@@H](C/C=C(\C)[C@@H](OC3C[C@H](OC)[C@@H](OC(=O)C(C)C)[C@H](C)O3)[C@@H](C)/C=C/C=C3\CO[C@@H]4[C@H](O)C(C)=CC(C(=O)O1)[C@]34O)O2. The first-order chi connectivity index (χ1) is 27.0. The fourth-order valence-electron chi connectivity index (χ4n) is 9.70. The smallest absolute Gasteiger partial charge is 0.316 e. The van der Waals surface area contributed by atoms with Crippen LogP contribution in [0.15, 0.2) is 47.1 Å². The van der Waals surface area contributed by atoms with E-state index in [1.54, 1.807) is 40.0 Å². The van der Waals surface area contributed by atoms with Crippen molar-refractivity contribution in [2.24, 2.45) is 29.6 Å². The first kappa shape index (κ1) is 44.1. The van der Waals surface area contributed by atoms with Gasteiger partial charge in [-0.15, -0.1) is 0 Å². The average Bonchev–Trinajstić information content (AvgIpc) is 3.51. The van der Waals surface area contributed by atoms with E-state index in [9.17, 15) is 19.8 Å². The van der Waals surface area contributed by atoms with Gasteiger partial charge in [-0.25, -0.2) is 0 Å². The lowest BCUT2D eigenvalue weighted by molar-refractivity contribution is -0.340. The van der Waals surface area contributed by atoms with Crippen LogP contribution in [0.4, 0.5) is 0 Å². The molecular weight excluding hydrogens is 732 g/mol. The highest BCUT2D eigenvalue weighted by molar-refractivity contribution is 5.78. The highest BCUT2D eigenvalue weighted by Crippen LogP contribution is 2.48. The second kappa shape index (κ2) is 18.1. The van der Waals surface area contributed by atoms with Crippen LogP contribution in [0, 0.1) is 29.6 Å². The zero-order valence-corrected chi connectivity index (χ0v) is 35.7. The van der Waals surface area contributed by atoms with Crippen molar-refractivity contribution in [3.05, 3.63) is 47.1 Å². The predicted molar refractivity (Wildman–Crippen MR) is 211 cm³/mol. The second-order valence-electron chi connectivity index (χ2n) is 18.0. The Morgan fingerprint density at radius 2 is 1.82 bits per heavy atom. The van der Waals surface area contributed by atoms with Crippen LogP contribution in [-0.2, 0) is 47.5 Å². The quantitative estimate of drug-likeness (QED) is 0.221. The summed E-state index contributed by atoms with van der Waals surface area (Å²) >= 11 is 0. The summed E-state index contributed by atoms with van der Waals surface area (Å²) in [5, 5.41) is 23.6. The Labute approximate surface area is 339 Å². The molecule has 0 aromatic carbocycles. The van der Waals surface area contributed by atoms with Gasteiger partial charge in [0.2, 0.25) is 0 Å². The number of methoxy groups -OCH3 is 1. The van der Waals surface area contributed by atoms with Crippen LogP contribution in [0.25, 0.3) is 0 Å². The fraction of sp³-hybridized carbons (Fsp3) is 0.778. The summed E-state index contributed by atoms with van der Waals surface area (Å²) in [7, 11) is 1.60. The number of hydrogen-bond donors (Lipinski definition) is 2. The molecule has 5 aliphatic heterocycles. The van der Waals surface area contributed by atoms with Gasteiger partial charge in [-0.1, -0.05) is 78.3 Å². The van der Waals surface area contributed by atoms with Crippen molar-refractivity contribution in [3.63, 3.8) is 0 Å². The Morgan fingerprint density at radius 1 is 1.07 bits per heavy atom. The molecule has 1 aliphatic carbocycles. The number of aliphatic hydroxyl groups is 2. The fourth-order valence-corrected chi connectivity index (χ4v) is 9.70. The van der Waals surface area contributed by atoms with Crippen LogP contribution < -0.4 is 0 Å². The number of fused-ring (bicyclic) bond motifs is 2. The number of carbonyl (C=O) groups excluding carboxylic acids is 2. The van der Waals surface area contributed by atoms with E-state index in [1.807, 2.05) is 26.0 Å². The van der Waals surface area contributed by atoms with Crippen molar-refractivity contribution in [2.75, 3.05) is 13.7 Å². The number of rotatable bonds is 7. The van der Waals surface area contributed by atoms with Crippen molar-refractivity contribution in [1.82, 2.24) is 0 Å². The lowest BCUT2D eigenvalue weighted by Crippen LogP contribution is -2.58. The molecule has 12 heteroatoms. The van der Waals surface area contributed by atoms with Gasteiger partial charge < -0.3 is 48.1 Å². The molecule has 6 aliphatic rings. The summed E-state index contributed by atoms with van der Waals surface area (Å²) < 4.78 is 51.1. The molecule has 0 aromatic heterocycles. The van der Waals surface area contributed by atoms with Crippen LogP contribution in [0.2, 0.25) is 0 Å². The summed E-state index contributed by atoms with van der Waals surface area (Å²) in [5.74, 6) is -2.67. The van der Waals surface area contributed by atoms with E-state index in [4.69, 9.17) is 37.9 Å². The van der Waals surface area contributed by atoms with Gasteiger partial charge in [-0.3, -0.25) is 9.59 Å². The van der Waals surface area contributed by atoms with Gasteiger partial charge in [-0.05, 0) is 62.2 Å².